The molecule has 1 atom stereocenters. The number of likely N-dealkylation sites (tertiary alicyclic amines) is 1. The van der Waals surface area contributed by atoms with E-state index in [4.69, 9.17) is 11.5 Å². The molecule has 1 saturated heterocycles. The highest BCUT2D eigenvalue weighted by molar-refractivity contribution is 5.98. The maximum Gasteiger partial charge on any atom is 0.217 e. The summed E-state index contributed by atoms with van der Waals surface area (Å²) in [6, 6.07) is 0.345. The van der Waals surface area contributed by atoms with Gasteiger partial charge in [-0.05, 0) is 27.3 Å². The van der Waals surface area contributed by atoms with Crippen LogP contribution in [0.2, 0.25) is 0 Å². The van der Waals surface area contributed by atoms with Gasteiger partial charge in [-0.3, -0.25) is 10.2 Å². The smallest absolute Gasteiger partial charge is 0.217 e. The van der Waals surface area contributed by atoms with Crippen LogP contribution in [0.1, 0.15) is 26.7 Å². The van der Waals surface area contributed by atoms with E-state index in [1.54, 1.807) is 0 Å². The van der Waals surface area contributed by atoms with Crippen molar-refractivity contribution in [3.63, 3.8) is 0 Å². The van der Waals surface area contributed by atoms with Crippen molar-refractivity contribution < 1.29 is 4.39 Å². The Kier molecular flexibility index (Phi) is 3.88. The summed E-state index contributed by atoms with van der Waals surface area (Å²) >= 11 is 0. The van der Waals surface area contributed by atoms with Crippen molar-refractivity contribution in [2.45, 2.75) is 44.2 Å². The average Bonchev–Trinajstić information content (AvgIpc) is 2.73. The minimum absolute atomic E-state index is 0.111. The number of halogens is 1. The van der Waals surface area contributed by atoms with Crippen LogP contribution in [0, 0.1) is 0 Å². The molecular weight excluding hydrogens is 261 g/mol. The molecule has 2 aliphatic heterocycles. The quantitative estimate of drug-likeness (QED) is 0.547. The fourth-order valence-corrected chi connectivity index (χ4v) is 2.82. The number of aliphatic imine (C=N–C) groups is 2. The third-order valence-corrected chi connectivity index (χ3v) is 3.62. The van der Waals surface area contributed by atoms with Gasteiger partial charge in [-0.15, -0.1) is 0 Å². The second-order valence-electron chi connectivity index (χ2n) is 6.01. The Balaban J connectivity index is 2.32. The van der Waals surface area contributed by atoms with E-state index >= 15 is 0 Å². The second-order valence-corrected chi connectivity index (χ2v) is 6.01. The van der Waals surface area contributed by atoms with E-state index in [1.807, 2.05) is 11.9 Å². The number of hydrogen-bond acceptors (Lipinski definition) is 7. The van der Waals surface area contributed by atoms with E-state index in [1.165, 1.54) is 13.8 Å². The number of guanidine groups is 2. The fraction of sp³-hybridized carbons (Fsp3) is 0.833. The summed E-state index contributed by atoms with van der Waals surface area (Å²) in [5, 5.41) is 5.88. The van der Waals surface area contributed by atoms with Gasteiger partial charge in [-0.2, -0.15) is 0 Å². The van der Waals surface area contributed by atoms with Gasteiger partial charge < -0.3 is 16.8 Å². The van der Waals surface area contributed by atoms with Crippen molar-refractivity contribution in [3.8, 4) is 0 Å². The Labute approximate surface area is 118 Å². The van der Waals surface area contributed by atoms with Crippen LogP contribution in [0.3, 0.4) is 0 Å². The number of rotatable bonds is 4. The van der Waals surface area contributed by atoms with E-state index in [-0.39, 0.29) is 18.3 Å². The van der Waals surface area contributed by atoms with E-state index in [0.717, 1.165) is 19.5 Å². The summed E-state index contributed by atoms with van der Waals surface area (Å²) in [7, 11) is 1.91. The zero-order valence-corrected chi connectivity index (χ0v) is 12.3. The zero-order valence-electron chi connectivity index (χ0n) is 12.3. The summed E-state index contributed by atoms with van der Waals surface area (Å²) < 4.78 is 14.2. The van der Waals surface area contributed by atoms with Gasteiger partial charge in [-0.1, -0.05) is 0 Å². The van der Waals surface area contributed by atoms with E-state index in [0.29, 0.717) is 6.04 Å². The molecule has 114 valence electrons. The maximum absolute atomic E-state index is 14.2. The van der Waals surface area contributed by atoms with Crippen molar-refractivity contribution in [2.24, 2.45) is 21.5 Å². The first-order valence-corrected chi connectivity index (χ1v) is 6.83. The number of nitrogens with zero attached hydrogens (tertiary/aromatic N) is 3. The highest BCUT2D eigenvalue weighted by atomic mass is 19.1. The standard InChI is InChI=1S/C12H24FN7/c1-11(2,13)7-12(18-9(14)17-10(15)19-12)20-5-4-8(6-20)16-3/h8,16H,4-7H2,1-3H3,(H5,14,15,17,18,19)/t8-/m1/s1. The molecular formula is C12H24FN7. The van der Waals surface area contributed by atoms with Gasteiger partial charge >= 0.3 is 0 Å². The van der Waals surface area contributed by atoms with Crippen molar-refractivity contribution in [1.29, 1.82) is 0 Å². The van der Waals surface area contributed by atoms with Crippen molar-refractivity contribution >= 4 is 11.9 Å². The first-order chi connectivity index (χ1) is 9.24. The summed E-state index contributed by atoms with van der Waals surface area (Å²) in [6.45, 7) is 4.54. The summed E-state index contributed by atoms with van der Waals surface area (Å²) in [6.07, 6.45) is 1.07. The Morgan fingerprint density at radius 2 is 2.05 bits per heavy atom. The van der Waals surface area contributed by atoms with Crippen molar-refractivity contribution in [3.05, 3.63) is 0 Å². The van der Waals surface area contributed by atoms with Crippen LogP contribution >= 0.6 is 0 Å². The predicted molar refractivity (Wildman–Crippen MR) is 78.0 cm³/mol. The van der Waals surface area contributed by atoms with Gasteiger partial charge in [-0.25, -0.2) is 14.4 Å². The number of alkyl halides is 1. The second kappa shape index (κ2) is 5.17. The van der Waals surface area contributed by atoms with E-state index < -0.39 is 11.5 Å². The number of nitrogens with one attached hydrogen (secondary N) is 2. The molecule has 0 amide bonds. The molecule has 6 N–H and O–H groups in total. The highest BCUT2D eigenvalue weighted by Gasteiger charge is 2.46. The molecule has 0 saturated carbocycles. The molecule has 8 heteroatoms. The lowest BCUT2D eigenvalue weighted by atomic mass is 10.0. The minimum atomic E-state index is -1.43. The molecule has 2 aliphatic rings. The predicted octanol–water partition coefficient (Wildman–Crippen LogP) is -0.695. The van der Waals surface area contributed by atoms with Crippen molar-refractivity contribution in [1.82, 2.24) is 15.5 Å². The molecule has 0 unspecified atom stereocenters. The molecule has 0 aliphatic carbocycles. The Bertz CT molecular complexity index is 408. The Morgan fingerprint density at radius 3 is 2.50 bits per heavy atom. The average molecular weight is 285 g/mol. The molecule has 0 bridgehead atoms. The third-order valence-electron chi connectivity index (χ3n) is 3.62. The Morgan fingerprint density at radius 1 is 1.45 bits per heavy atom. The third kappa shape index (κ3) is 3.18. The summed E-state index contributed by atoms with van der Waals surface area (Å²) in [5.74, 6) is -0.701. The molecule has 0 radical (unpaired) electrons. The molecule has 0 aromatic heterocycles. The SMILES string of the molecule is CN[C@@H]1CCN(C2(CC(C)(C)F)N=C(N)NC(N)=N2)C1. The van der Waals surface area contributed by atoms with Crippen molar-refractivity contribution in [2.75, 3.05) is 20.1 Å². The van der Waals surface area contributed by atoms with Crippen LogP contribution < -0.4 is 22.1 Å². The topological polar surface area (TPSA) is 104 Å². The lowest BCUT2D eigenvalue weighted by Crippen LogP contribution is -2.57. The monoisotopic (exact) mass is 285 g/mol. The number of likely N-dealkylation sites (N-methyl/N-ethyl adjacent to an activating group) is 1. The molecule has 1 fully saturated rings. The maximum atomic E-state index is 14.2. The van der Waals surface area contributed by atoms with Crippen LogP contribution in [0.5, 0.6) is 0 Å². The first-order valence-electron chi connectivity index (χ1n) is 6.83. The minimum Gasteiger partial charge on any atom is -0.370 e. The molecule has 0 aromatic carbocycles. The first kappa shape index (κ1) is 15.0. The van der Waals surface area contributed by atoms with Gasteiger partial charge in [0.2, 0.25) is 5.79 Å². The van der Waals surface area contributed by atoms with Crippen LogP contribution in [0.4, 0.5) is 4.39 Å². The van der Waals surface area contributed by atoms with Gasteiger partial charge in [0.15, 0.2) is 11.9 Å². The number of nitrogens with two attached hydrogens (primary N) is 2. The lowest BCUT2D eigenvalue weighted by molar-refractivity contribution is 0.0533. The van der Waals surface area contributed by atoms with Crippen LogP contribution in [0.25, 0.3) is 0 Å². The normalized spacial score (nSPS) is 26.9. The largest absolute Gasteiger partial charge is 0.370 e. The van der Waals surface area contributed by atoms with Crippen LogP contribution in [0.15, 0.2) is 9.98 Å². The Hall–Kier alpha value is -1.41. The highest BCUT2D eigenvalue weighted by Crippen LogP contribution is 2.35. The fourth-order valence-electron chi connectivity index (χ4n) is 2.82. The van der Waals surface area contributed by atoms with Gasteiger partial charge in [0.1, 0.15) is 5.67 Å². The van der Waals surface area contributed by atoms with Gasteiger partial charge in [0.05, 0.1) is 0 Å². The number of hydrogen-bond donors (Lipinski definition) is 4. The van der Waals surface area contributed by atoms with E-state index in [2.05, 4.69) is 20.6 Å². The molecule has 2 heterocycles. The molecule has 20 heavy (non-hydrogen) atoms. The molecule has 0 aromatic rings. The van der Waals surface area contributed by atoms with Gasteiger partial charge in [0.25, 0.3) is 0 Å². The summed E-state index contributed by atoms with van der Waals surface area (Å²) in [4.78, 5) is 10.8. The lowest BCUT2D eigenvalue weighted by Gasteiger charge is -2.40. The molecule has 0 spiro atoms. The van der Waals surface area contributed by atoms with Crippen LogP contribution in [-0.4, -0.2) is 54.5 Å². The van der Waals surface area contributed by atoms with E-state index in [9.17, 15) is 4.39 Å². The summed E-state index contributed by atoms with van der Waals surface area (Å²) in [5.41, 5.74) is 10.1. The van der Waals surface area contributed by atoms with Crippen LogP contribution in [-0.2, 0) is 0 Å². The molecule has 2 rings (SSSR count). The zero-order chi connectivity index (χ0) is 15.0. The van der Waals surface area contributed by atoms with Gasteiger partial charge in [0, 0.05) is 25.6 Å². The molecule has 7 nitrogen and oxygen atoms in total.